The smallest absolute Gasteiger partial charge is 0.257 e. The van der Waals surface area contributed by atoms with Crippen molar-refractivity contribution in [3.63, 3.8) is 0 Å². The van der Waals surface area contributed by atoms with Crippen LogP contribution >= 0.6 is 0 Å². The summed E-state index contributed by atoms with van der Waals surface area (Å²) in [5, 5.41) is 19.5. The Morgan fingerprint density at radius 2 is 2.09 bits per heavy atom. The van der Waals surface area contributed by atoms with Crippen LogP contribution in [0.4, 0.5) is 0 Å². The number of likely N-dealkylation sites (tertiary alicyclic amines) is 1. The number of rotatable bonds is 6. The summed E-state index contributed by atoms with van der Waals surface area (Å²) in [6.07, 6.45) is 3.59. The third kappa shape index (κ3) is 4.69. The summed E-state index contributed by atoms with van der Waals surface area (Å²) in [5.41, 5.74) is -0.496. The normalized spacial score (nSPS) is 21.8. The lowest BCUT2D eigenvalue weighted by Crippen LogP contribution is -2.36. The summed E-state index contributed by atoms with van der Waals surface area (Å²) < 4.78 is 5.75. The molecule has 1 aromatic carbocycles. The minimum absolute atomic E-state index is 0.0701. The number of amides is 1. The topological polar surface area (TPSA) is 70.0 Å². The van der Waals surface area contributed by atoms with Crippen molar-refractivity contribution in [2.45, 2.75) is 44.6 Å². The van der Waals surface area contributed by atoms with E-state index in [0.717, 1.165) is 12.8 Å². The molecule has 0 bridgehead atoms. The van der Waals surface area contributed by atoms with E-state index in [1.54, 1.807) is 11.0 Å². The minimum atomic E-state index is -1.06. The molecule has 1 aromatic rings. The fourth-order valence-electron chi connectivity index (χ4n) is 2.81. The van der Waals surface area contributed by atoms with Crippen molar-refractivity contribution in [3.8, 4) is 5.75 Å². The maximum atomic E-state index is 12.8. The van der Waals surface area contributed by atoms with Crippen LogP contribution in [0.2, 0.25) is 0 Å². The van der Waals surface area contributed by atoms with E-state index in [-0.39, 0.29) is 12.5 Å². The summed E-state index contributed by atoms with van der Waals surface area (Å²) >= 11 is 0. The van der Waals surface area contributed by atoms with Crippen molar-refractivity contribution < 1.29 is 19.7 Å². The first-order chi connectivity index (χ1) is 11.1. The van der Waals surface area contributed by atoms with Gasteiger partial charge in [-0.2, -0.15) is 0 Å². The molecule has 1 saturated heterocycles. The highest BCUT2D eigenvalue weighted by Crippen LogP contribution is 2.25. The van der Waals surface area contributed by atoms with E-state index in [1.165, 1.54) is 0 Å². The molecule has 0 aromatic heterocycles. The number of carbonyl (C=O) groups is 1. The molecular weight excluding hydrogens is 294 g/mol. The van der Waals surface area contributed by atoms with Crippen LogP contribution in [-0.4, -0.2) is 52.9 Å². The summed E-state index contributed by atoms with van der Waals surface area (Å²) in [5.74, 6) is 0.548. The molecule has 0 unspecified atom stereocenters. The second kappa shape index (κ2) is 8.31. The minimum Gasteiger partial charge on any atom is -0.493 e. The van der Waals surface area contributed by atoms with Gasteiger partial charge in [0.05, 0.1) is 24.4 Å². The first-order valence-corrected chi connectivity index (χ1v) is 8.44. The number of unbranched alkanes of at least 4 members (excludes halogenated alkanes) is 1. The van der Waals surface area contributed by atoms with E-state index in [1.807, 2.05) is 18.2 Å². The Hall–Kier alpha value is -1.59. The van der Waals surface area contributed by atoms with Gasteiger partial charge in [-0.15, -0.1) is 0 Å². The molecule has 2 rings (SSSR count). The second-order valence-electron chi connectivity index (χ2n) is 6.23. The van der Waals surface area contributed by atoms with Crippen LogP contribution in [0.5, 0.6) is 5.75 Å². The number of hydrogen-bond donors (Lipinski definition) is 2. The maximum Gasteiger partial charge on any atom is 0.257 e. The average molecular weight is 321 g/mol. The number of para-hydroxylation sites is 1. The lowest BCUT2D eigenvalue weighted by atomic mass is 9.96. The van der Waals surface area contributed by atoms with Gasteiger partial charge in [0.2, 0.25) is 0 Å². The van der Waals surface area contributed by atoms with Gasteiger partial charge in [-0.25, -0.2) is 0 Å². The van der Waals surface area contributed by atoms with Crippen LogP contribution in [0.1, 0.15) is 49.4 Å². The average Bonchev–Trinajstić information content (AvgIpc) is 2.77. The van der Waals surface area contributed by atoms with Crippen molar-refractivity contribution in [1.82, 2.24) is 4.90 Å². The standard InChI is InChI=1S/C18H27NO4/c1-2-3-13-23-16-8-5-4-7-15(16)17(21)19-11-6-9-18(22,14-20)10-12-19/h4-5,7-8,20,22H,2-3,6,9-14H2,1H3/t18-/m1/s1. The molecule has 1 fully saturated rings. The molecule has 2 N–H and O–H groups in total. The molecule has 0 saturated carbocycles. The number of aliphatic hydroxyl groups excluding tert-OH is 1. The van der Waals surface area contributed by atoms with E-state index in [4.69, 9.17) is 4.74 Å². The molecule has 0 spiro atoms. The molecule has 1 atom stereocenters. The fraction of sp³-hybridized carbons (Fsp3) is 0.611. The molecule has 1 aliphatic heterocycles. The first-order valence-electron chi connectivity index (χ1n) is 8.44. The van der Waals surface area contributed by atoms with E-state index >= 15 is 0 Å². The van der Waals surface area contributed by atoms with E-state index < -0.39 is 5.60 Å². The SMILES string of the molecule is CCCCOc1ccccc1C(=O)N1CCC[C@](O)(CO)CC1. The number of benzene rings is 1. The Balaban J connectivity index is 2.08. The van der Waals surface area contributed by atoms with E-state index in [0.29, 0.717) is 50.3 Å². The highest BCUT2D eigenvalue weighted by molar-refractivity contribution is 5.97. The Bertz CT molecular complexity index is 519. The number of nitrogens with zero attached hydrogens (tertiary/aromatic N) is 1. The highest BCUT2D eigenvalue weighted by atomic mass is 16.5. The van der Waals surface area contributed by atoms with Crippen LogP contribution < -0.4 is 4.74 Å². The molecule has 1 amide bonds. The zero-order chi connectivity index (χ0) is 16.7. The lowest BCUT2D eigenvalue weighted by molar-refractivity contribution is -0.0250. The monoisotopic (exact) mass is 321 g/mol. The summed E-state index contributed by atoms with van der Waals surface area (Å²) in [4.78, 5) is 14.6. The third-order valence-corrected chi connectivity index (χ3v) is 4.37. The molecular formula is C18H27NO4. The zero-order valence-corrected chi connectivity index (χ0v) is 13.8. The van der Waals surface area contributed by atoms with Gasteiger partial charge in [0.15, 0.2) is 0 Å². The van der Waals surface area contributed by atoms with Crippen molar-refractivity contribution in [2.24, 2.45) is 0 Å². The van der Waals surface area contributed by atoms with Gasteiger partial charge in [0.25, 0.3) is 5.91 Å². The third-order valence-electron chi connectivity index (χ3n) is 4.37. The van der Waals surface area contributed by atoms with Crippen molar-refractivity contribution >= 4 is 5.91 Å². The molecule has 23 heavy (non-hydrogen) atoms. The molecule has 0 aliphatic carbocycles. The van der Waals surface area contributed by atoms with Crippen molar-refractivity contribution in [2.75, 3.05) is 26.3 Å². The van der Waals surface area contributed by atoms with Gasteiger partial charge >= 0.3 is 0 Å². The second-order valence-corrected chi connectivity index (χ2v) is 6.23. The van der Waals surface area contributed by atoms with Crippen molar-refractivity contribution in [1.29, 1.82) is 0 Å². The lowest BCUT2D eigenvalue weighted by Gasteiger charge is -2.25. The van der Waals surface area contributed by atoms with Gasteiger partial charge in [-0.1, -0.05) is 25.5 Å². The molecule has 1 aliphatic rings. The predicted octanol–water partition coefficient (Wildman–Crippen LogP) is 2.21. The maximum absolute atomic E-state index is 12.8. The number of ether oxygens (including phenoxy) is 1. The molecule has 5 nitrogen and oxygen atoms in total. The summed E-state index contributed by atoms with van der Waals surface area (Å²) in [7, 11) is 0. The van der Waals surface area contributed by atoms with Crippen LogP contribution in [0, 0.1) is 0 Å². The quantitative estimate of drug-likeness (QED) is 0.788. The molecule has 128 valence electrons. The van der Waals surface area contributed by atoms with Gasteiger partial charge in [-0.05, 0) is 37.8 Å². The van der Waals surface area contributed by atoms with E-state index in [9.17, 15) is 15.0 Å². The Morgan fingerprint density at radius 1 is 1.30 bits per heavy atom. The van der Waals surface area contributed by atoms with Crippen LogP contribution in [0.15, 0.2) is 24.3 Å². The summed E-state index contributed by atoms with van der Waals surface area (Å²) in [6, 6.07) is 7.31. The van der Waals surface area contributed by atoms with E-state index in [2.05, 4.69) is 6.92 Å². The zero-order valence-electron chi connectivity index (χ0n) is 13.8. The Kier molecular flexibility index (Phi) is 6.42. The Labute approximate surface area is 137 Å². The number of carbonyl (C=O) groups excluding carboxylic acids is 1. The van der Waals surface area contributed by atoms with Crippen LogP contribution in [0.25, 0.3) is 0 Å². The van der Waals surface area contributed by atoms with Crippen LogP contribution in [0.3, 0.4) is 0 Å². The largest absolute Gasteiger partial charge is 0.493 e. The summed E-state index contributed by atoms with van der Waals surface area (Å²) in [6.45, 7) is 3.47. The number of aliphatic hydroxyl groups is 2. The van der Waals surface area contributed by atoms with Gasteiger partial charge in [0.1, 0.15) is 5.75 Å². The fourth-order valence-corrected chi connectivity index (χ4v) is 2.81. The Morgan fingerprint density at radius 3 is 2.83 bits per heavy atom. The highest BCUT2D eigenvalue weighted by Gasteiger charge is 2.31. The first kappa shape index (κ1) is 17.8. The molecule has 1 heterocycles. The van der Waals surface area contributed by atoms with Crippen LogP contribution in [-0.2, 0) is 0 Å². The van der Waals surface area contributed by atoms with Crippen molar-refractivity contribution in [3.05, 3.63) is 29.8 Å². The number of hydrogen-bond acceptors (Lipinski definition) is 4. The van der Waals surface area contributed by atoms with Gasteiger partial charge < -0.3 is 19.8 Å². The van der Waals surface area contributed by atoms with Gasteiger partial charge in [0, 0.05) is 13.1 Å². The molecule has 0 radical (unpaired) electrons. The van der Waals surface area contributed by atoms with Gasteiger partial charge in [-0.3, -0.25) is 4.79 Å². The molecule has 5 heteroatoms. The predicted molar refractivity (Wildman–Crippen MR) is 88.6 cm³/mol.